The van der Waals surface area contributed by atoms with E-state index in [1.807, 2.05) is 18.2 Å². The Hall–Kier alpha value is -2.21. The van der Waals surface area contributed by atoms with Gasteiger partial charge in [-0.05, 0) is 18.2 Å². The largest absolute Gasteiger partial charge is 0.486 e. The molecule has 5 nitrogen and oxygen atoms in total. The maximum Gasteiger partial charge on any atom is 0.336 e. The SMILES string of the molecule is O=C(O)c1csc(CNc2ccc3c(c2)OCCO3)c1. The lowest BCUT2D eigenvalue weighted by Crippen LogP contribution is -2.15. The number of ether oxygens (including phenoxy) is 2. The van der Waals surface area contributed by atoms with Crippen LogP contribution in [-0.4, -0.2) is 24.3 Å². The van der Waals surface area contributed by atoms with Crippen LogP contribution >= 0.6 is 11.3 Å². The van der Waals surface area contributed by atoms with Crippen molar-refractivity contribution in [3.63, 3.8) is 0 Å². The molecular weight excluding hydrogens is 278 g/mol. The summed E-state index contributed by atoms with van der Waals surface area (Å²) in [6.45, 7) is 1.72. The monoisotopic (exact) mass is 291 g/mol. The van der Waals surface area contributed by atoms with Crippen LogP contribution in [0.5, 0.6) is 11.5 Å². The number of thiophene rings is 1. The van der Waals surface area contributed by atoms with Crippen molar-refractivity contribution in [1.29, 1.82) is 0 Å². The topological polar surface area (TPSA) is 67.8 Å². The van der Waals surface area contributed by atoms with Crippen LogP contribution < -0.4 is 14.8 Å². The van der Waals surface area contributed by atoms with Crippen molar-refractivity contribution in [2.75, 3.05) is 18.5 Å². The Bertz CT molecular complexity index is 638. The number of benzene rings is 1. The molecule has 20 heavy (non-hydrogen) atoms. The highest BCUT2D eigenvalue weighted by Crippen LogP contribution is 2.32. The third-order valence-electron chi connectivity index (χ3n) is 2.91. The lowest BCUT2D eigenvalue weighted by atomic mass is 10.2. The Labute approximate surface area is 119 Å². The van der Waals surface area contributed by atoms with Gasteiger partial charge in [0.2, 0.25) is 0 Å². The van der Waals surface area contributed by atoms with Gasteiger partial charge in [0.15, 0.2) is 11.5 Å². The molecule has 1 aliphatic heterocycles. The van der Waals surface area contributed by atoms with E-state index in [1.165, 1.54) is 11.3 Å². The van der Waals surface area contributed by atoms with E-state index >= 15 is 0 Å². The summed E-state index contributed by atoms with van der Waals surface area (Å²) in [7, 11) is 0. The predicted molar refractivity (Wildman–Crippen MR) is 76.0 cm³/mol. The molecule has 0 spiro atoms. The van der Waals surface area contributed by atoms with Crippen LogP contribution in [0.1, 0.15) is 15.2 Å². The first-order valence-electron chi connectivity index (χ1n) is 6.16. The van der Waals surface area contributed by atoms with Crippen LogP contribution in [-0.2, 0) is 6.54 Å². The van der Waals surface area contributed by atoms with Crippen LogP contribution in [0.4, 0.5) is 5.69 Å². The standard InChI is InChI=1S/C14H13NO4S/c16-14(17)9-5-11(20-8-9)7-15-10-1-2-12-13(6-10)19-4-3-18-12/h1-2,5-6,8,15H,3-4,7H2,(H,16,17). The number of hydrogen-bond acceptors (Lipinski definition) is 5. The number of carboxylic acid groups (broad SMARTS) is 1. The molecule has 2 heterocycles. The quantitative estimate of drug-likeness (QED) is 0.906. The molecule has 6 heteroatoms. The van der Waals surface area contributed by atoms with Crippen LogP contribution in [0, 0.1) is 0 Å². The number of aromatic carboxylic acids is 1. The maximum absolute atomic E-state index is 10.8. The number of hydrogen-bond donors (Lipinski definition) is 2. The van der Waals surface area contributed by atoms with Gasteiger partial charge in [-0.25, -0.2) is 4.79 Å². The molecule has 0 saturated heterocycles. The predicted octanol–water partition coefficient (Wildman–Crippen LogP) is 2.83. The molecule has 0 fully saturated rings. The first kappa shape index (κ1) is 12.8. The highest BCUT2D eigenvalue weighted by Gasteiger charge is 2.12. The Balaban J connectivity index is 1.67. The van der Waals surface area contributed by atoms with Gasteiger partial charge in [-0.3, -0.25) is 0 Å². The fraction of sp³-hybridized carbons (Fsp3) is 0.214. The molecule has 1 aliphatic rings. The van der Waals surface area contributed by atoms with Gasteiger partial charge in [0.05, 0.1) is 5.56 Å². The normalized spacial score (nSPS) is 13.0. The molecule has 0 saturated carbocycles. The lowest BCUT2D eigenvalue weighted by Gasteiger charge is -2.19. The van der Waals surface area contributed by atoms with Gasteiger partial charge in [-0.2, -0.15) is 0 Å². The number of nitrogens with one attached hydrogen (secondary N) is 1. The molecule has 0 aliphatic carbocycles. The molecule has 1 aromatic heterocycles. The van der Waals surface area contributed by atoms with Gasteiger partial charge in [0.1, 0.15) is 13.2 Å². The molecule has 0 bridgehead atoms. The van der Waals surface area contributed by atoms with Gasteiger partial charge in [0.25, 0.3) is 0 Å². The van der Waals surface area contributed by atoms with Crippen molar-refractivity contribution >= 4 is 23.0 Å². The highest BCUT2D eigenvalue weighted by molar-refractivity contribution is 7.10. The number of rotatable bonds is 4. The Morgan fingerprint density at radius 1 is 1.25 bits per heavy atom. The second-order valence-corrected chi connectivity index (χ2v) is 5.31. The molecule has 0 amide bonds. The second-order valence-electron chi connectivity index (χ2n) is 4.32. The number of fused-ring (bicyclic) bond motifs is 1. The minimum Gasteiger partial charge on any atom is -0.486 e. The molecular formula is C14H13NO4S. The minimum atomic E-state index is -0.896. The summed E-state index contributed by atoms with van der Waals surface area (Å²) in [4.78, 5) is 11.8. The van der Waals surface area contributed by atoms with Crippen LogP contribution in [0.3, 0.4) is 0 Å². The maximum atomic E-state index is 10.8. The van der Waals surface area contributed by atoms with E-state index in [9.17, 15) is 4.79 Å². The number of anilines is 1. The summed E-state index contributed by atoms with van der Waals surface area (Å²) < 4.78 is 11.0. The molecule has 3 rings (SSSR count). The summed E-state index contributed by atoms with van der Waals surface area (Å²) in [6, 6.07) is 7.35. The van der Waals surface area contributed by atoms with Crippen LogP contribution in [0.15, 0.2) is 29.6 Å². The molecule has 1 aromatic carbocycles. The average molecular weight is 291 g/mol. The minimum absolute atomic E-state index is 0.328. The van der Waals surface area contributed by atoms with E-state index in [1.54, 1.807) is 11.4 Å². The molecule has 0 unspecified atom stereocenters. The first-order valence-corrected chi connectivity index (χ1v) is 7.04. The number of carboxylic acids is 1. The third kappa shape index (κ3) is 2.70. The lowest BCUT2D eigenvalue weighted by molar-refractivity contribution is 0.0697. The van der Waals surface area contributed by atoms with Gasteiger partial charge in [0, 0.05) is 28.6 Å². The smallest absolute Gasteiger partial charge is 0.336 e. The second kappa shape index (κ2) is 5.42. The van der Waals surface area contributed by atoms with Crippen LogP contribution in [0.2, 0.25) is 0 Å². The van der Waals surface area contributed by atoms with Crippen molar-refractivity contribution in [2.24, 2.45) is 0 Å². The van der Waals surface area contributed by atoms with E-state index in [0.29, 0.717) is 25.3 Å². The molecule has 0 radical (unpaired) electrons. The van der Waals surface area contributed by atoms with Crippen molar-refractivity contribution < 1.29 is 19.4 Å². The summed E-state index contributed by atoms with van der Waals surface area (Å²) in [5, 5.41) is 13.8. The molecule has 104 valence electrons. The Morgan fingerprint density at radius 2 is 2.05 bits per heavy atom. The van der Waals surface area contributed by atoms with Crippen molar-refractivity contribution in [3.05, 3.63) is 40.1 Å². The fourth-order valence-electron chi connectivity index (χ4n) is 1.93. The van der Waals surface area contributed by atoms with E-state index in [2.05, 4.69) is 5.32 Å². The third-order valence-corrected chi connectivity index (χ3v) is 3.85. The van der Waals surface area contributed by atoms with E-state index < -0.39 is 5.97 Å². The van der Waals surface area contributed by atoms with Gasteiger partial charge >= 0.3 is 5.97 Å². The van der Waals surface area contributed by atoms with Gasteiger partial charge in [-0.15, -0.1) is 11.3 Å². The Morgan fingerprint density at radius 3 is 2.80 bits per heavy atom. The zero-order chi connectivity index (χ0) is 13.9. The first-order chi connectivity index (χ1) is 9.72. The molecule has 2 N–H and O–H groups in total. The Kier molecular flexibility index (Phi) is 3.47. The van der Waals surface area contributed by atoms with Crippen LogP contribution in [0.25, 0.3) is 0 Å². The van der Waals surface area contributed by atoms with E-state index in [4.69, 9.17) is 14.6 Å². The van der Waals surface area contributed by atoms with Gasteiger partial charge in [-0.1, -0.05) is 0 Å². The average Bonchev–Trinajstić information content (AvgIpc) is 2.94. The summed E-state index contributed by atoms with van der Waals surface area (Å²) in [5.74, 6) is 0.594. The zero-order valence-corrected chi connectivity index (χ0v) is 11.4. The van der Waals surface area contributed by atoms with Crippen molar-refractivity contribution in [3.8, 4) is 11.5 Å². The van der Waals surface area contributed by atoms with Crippen molar-refractivity contribution in [1.82, 2.24) is 0 Å². The molecule has 0 atom stereocenters. The zero-order valence-electron chi connectivity index (χ0n) is 10.6. The highest BCUT2D eigenvalue weighted by atomic mass is 32.1. The molecule has 2 aromatic rings. The van der Waals surface area contributed by atoms with Crippen molar-refractivity contribution in [2.45, 2.75) is 6.54 Å². The summed E-state index contributed by atoms with van der Waals surface area (Å²) in [5.41, 5.74) is 1.24. The number of carbonyl (C=O) groups is 1. The summed E-state index contributed by atoms with van der Waals surface area (Å²) in [6.07, 6.45) is 0. The summed E-state index contributed by atoms with van der Waals surface area (Å²) >= 11 is 1.43. The van der Waals surface area contributed by atoms with E-state index in [-0.39, 0.29) is 0 Å². The fourth-order valence-corrected chi connectivity index (χ4v) is 2.73. The van der Waals surface area contributed by atoms with E-state index in [0.717, 1.165) is 22.1 Å². The van der Waals surface area contributed by atoms with Gasteiger partial charge < -0.3 is 19.9 Å².